The third-order valence-corrected chi connectivity index (χ3v) is 4.59. The zero-order valence-electron chi connectivity index (χ0n) is 11.7. The molecule has 0 bridgehead atoms. The Morgan fingerprint density at radius 1 is 1.39 bits per heavy atom. The summed E-state index contributed by atoms with van der Waals surface area (Å²) in [6.45, 7) is 8.14. The summed E-state index contributed by atoms with van der Waals surface area (Å²) in [4.78, 5) is 0. The van der Waals surface area contributed by atoms with Crippen molar-refractivity contribution in [3.63, 3.8) is 0 Å². The largest absolute Gasteiger partial charge is 0.308 e. The average molecular weight is 270 g/mol. The lowest BCUT2D eigenvalue weighted by molar-refractivity contribution is 0.277. The Bertz CT molecular complexity index is 400. The topological polar surface area (TPSA) is 29.9 Å². The van der Waals surface area contributed by atoms with Gasteiger partial charge in [-0.05, 0) is 32.6 Å². The minimum absolute atomic E-state index is 0.635. The molecule has 1 heterocycles. The van der Waals surface area contributed by atoms with Gasteiger partial charge in [-0.2, -0.15) is 5.10 Å². The molecule has 4 heteroatoms. The van der Waals surface area contributed by atoms with Crippen LogP contribution in [-0.2, 0) is 13.1 Å². The van der Waals surface area contributed by atoms with Gasteiger partial charge in [-0.25, -0.2) is 0 Å². The van der Waals surface area contributed by atoms with Crippen LogP contribution in [0.15, 0.2) is 0 Å². The summed E-state index contributed by atoms with van der Waals surface area (Å²) in [5.74, 6) is 0.775. The first kappa shape index (κ1) is 13.9. The Kier molecular flexibility index (Phi) is 4.68. The predicted octanol–water partition coefficient (Wildman–Crippen LogP) is 3.53. The highest BCUT2D eigenvalue weighted by molar-refractivity contribution is 6.31. The molecule has 1 saturated carbocycles. The SMILES string of the molecule is CCn1nc(C)c(Cl)c1CNC1CCCCC1C. The van der Waals surface area contributed by atoms with Gasteiger partial charge in [0.2, 0.25) is 0 Å². The maximum absolute atomic E-state index is 6.32. The minimum Gasteiger partial charge on any atom is -0.308 e. The second kappa shape index (κ2) is 6.07. The fourth-order valence-electron chi connectivity index (χ4n) is 2.89. The van der Waals surface area contributed by atoms with E-state index in [1.54, 1.807) is 0 Å². The van der Waals surface area contributed by atoms with E-state index in [4.69, 9.17) is 11.6 Å². The quantitative estimate of drug-likeness (QED) is 0.906. The maximum atomic E-state index is 6.32. The standard InChI is InChI=1S/C14H24ClN3/c1-4-18-13(14(15)11(3)17-18)9-16-12-8-6-5-7-10(12)2/h10,12,16H,4-9H2,1-3H3. The number of aryl methyl sites for hydroxylation is 2. The van der Waals surface area contributed by atoms with Crippen molar-refractivity contribution >= 4 is 11.6 Å². The molecule has 0 spiro atoms. The number of halogens is 1. The third kappa shape index (κ3) is 2.89. The molecule has 18 heavy (non-hydrogen) atoms. The molecule has 102 valence electrons. The number of aromatic nitrogens is 2. The summed E-state index contributed by atoms with van der Waals surface area (Å²) >= 11 is 6.32. The molecule has 3 nitrogen and oxygen atoms in total. The number of nitrogens with zero attached hydrogens (tertiary/aromatic N) is 2. The van der Waals surface area contributed by atoms with Crippen LogP contribution in [0.25, 0.3) is 0 Å². The van der Waals surface area contributed by atoms with Crippen LogP contribution in [0.1, 0.15) is 50.9 Å². The van der Waals surface area contributed by atoms with Crippen LogP contribution in [0.3, 0.4) is 0 Å². The molecule has 0 radical (unpaired) electrons. The van der Waals surface area contributed by atoms with E-state index >= 15 is 0 Å². The molecule has 1 aromatic rings. The molecular formula is C14H24ClN3. The molecule has 1 aromatic heterocycles. The lowest BCUT2D eigenvalue weighted by Gasteiger charge is -2.29. The fraction of sp³-hybridized carbons (Fsp3) is 0.786. The van der Waals surface area contributed by atoms with Crippen molar-refractivity contribution in [2.24, 2.45) is 5.92 Å². The normalized spacial score (nSPS) is 24.4. The fourth-order valence-corrected chi connectivity index (χ4v) is 3.09. The van der Waals surface area contributed by atoms with Crippen LogP contribution in [-0.4, -0.2) is 15.8 Å². The highest BCUT2D eigenvalue weighted by atomic mass is 35.5. The van der Waals surface area contributed by atoms with Gasteiger partial charge in [0.15, 0.2) is 0 Å². The number of rotatable bonds is 4. The van der Waals surface area contributed by atoms with E-state index < -0.39 is 0 Å². The zero-order chi connectivity index (χ0) is 13.1. The average Bonchev–Trinajstić information content (AvgIpc) is 2.65. The lowest BCUT2D eigenvalue weighted by Crippen LogP contribution is -2.37. The molecular weight excluding hydrogens is 246 g/mol. The Balaban J connectivity index is 2.01. The molecule has 1 aliphatic rings. The first-order chi connectivity index (χ1) is 8.63. The van der Waals surface area contributed by atoms with Crippen LogP contribution in [0.4, 0.5) is 0 Å². The molecule has 1 fully saturated rings. The summed E-state index contributed by atoms with van der Waals surface area (Å²) in [5.41, 5.74) is 2.07. The van der Waals surface area contributed by atoms with Crippen LogP contribution < -0.4 is 5.32 Å². The van der Waals surface area contributed by atoms with Crippen molar-refractivity contribution < 1.29 is 0 Å². The maximum Gasteiger partial charge on any atom is 0.0860 e. The molecule has 0 saturated heterocycles. The molecule has 2 atom stereocenters. The third-order valence-electron chi connectivity index (χ3n) is 4.10. The molecule has 0 amide bonds. The van der Waals surface area contributed by atoms with Gasteiger partial charge in [-0.3, -0.25) is 4.68 Å². The van der Waals surface area contributed by atoms with E-state index in [0.29, 0.717) is 6.04 Å². The Morgan fingerprint density at radius 2 is 2.11 bits per heavy atom. The van der Waals surface area contributed by atoms with Gasteiger partial charge in [0, 0.05) is 19.1 Å². The monoisotopic (exact) mass is 269 g/mol. The van der Waals surface area contributed by atoms with Gasteiger partial charge in [0.05, 0.1) is 16.4 Å². The molecule has 1 aliphatic carbocycles. The number of hydrogen-bond acceptors (Lipinski definition) is 2. The zero-order valence-corrected chi connectivity index (χ0v) is 12.4. The van der Waals surface area contributed by atoms with Crippen LogP contribution >= 0.6 is 11.6 Å². The molecule has 2 unspecified atom stereocenters. The van der Waals surface area contributed by atoms with E-state index in [0.717, 1.165) is 35.4 Å². The van der Waals surface area contributed by atoms with Crippen molar-refractivity contribution in [1.29, 1.82) is 0 Å². The smallest absolute Gasteiger partial charge is 0.0860 e. The molecule has 2 rings (SSSR count). The summed E-state index contributed by atoms with van der Waals surface area (Å²) in [6, 6.07) is 0.635. The van der Waals surface area contributed by atoms with Gasteiger partial charge < -0.3 is 5.32 Å². The number of hydrogen-bond donors (Lipinski definition) is 1. The predicted molar refractivity (Wildman–Crippen MR) is 75.9 cm³/mol. The highest BCUT2D eigenvalue weighted by Crippen LogP contribution is 2.25. The summed E-state index contributed by atoms with van der Waals surface area (Å²) < 4.78 is 2.01. The number of nitrogens with one attached hydrogen (secondary N) is 1. The van der Waals surface area contributed by atoms with E-state index in [1.165, 1.54) is 25.7 Å². The second-order valence-electron chi connectivity index (χ2n) is 5.41. The van der Waals surface area contributed by atoms with Crippen molar-refractivity contribution in [3.05, 3.63) is 16.4 Å². The van der Waals surface area contributed by atoms with Crippen LogP contribution in [0.2, 0.25) is 5.02 Å². The molecule has 1 N–H and O–H groups in total. The summed E-state index contributed by atoms with van der Waals surface area (Å²) in [6.07, 6.45) is 5.36. The lowest BCUT2D eigenvalue weighted by atomic mass is 9.86. The van der Waals surface area contributed by atoms with Crippen LogP contribution in [0.5, 0.6) is 0 Å². The van der Waals surface area contributed by atoms with E-state index in [2.05, 4.69) is 24.3 Å². The van der Waals surface area contributed by atoms with Gasteiger partial charge in [-0.1, -0.05) is 31.4 Å². The van der Waals surface area contributed by atoms with E-state index in [-0.39, 0.29) is 0 Å². The Hall–Kier alpha value is -0.540. The first-order valence-electron chi connectivity index (χ1n) is 7.08. The van der Waals surface area contributed by atoms with Crippen molar-refractivity contribution in [1.82, 2.24) is 15.1 Å². The van der Waals surface area contributed by atoms with Crippen molar-refractivity contribution in [2.75, 3.05) is 0 Å². The van der Waals surface area contributed by atoms with Gasteiger partial charge in [-0.15, -0.1) is 0 Å². The summed E-state index contributed by atoms with van der Waals surface area (Å²) in [7, 11) is 0. The summed E-state index contributed by atoms with van der Waals surface area (Å²) in [5, 5.41) is 8.95. The highest BCUT2D eigenvalue weighted by Gasteiger charge is 2.21. The van der Waals surface area contributed by atoms with Crippen molar-refractivity contribution in [3.8, 4) is 0 Å². The van der Waals surface area contributed by atoms with Gasteiger partial charge in [0.1, 0.15) is 0 Å². The Morgan fingerprint density at radius 3 is 2.78 bits per heavy atom. The molecule has 0 aliphatic heterocycles. The molecule has 0 aromatic carbocycles. The first-order valence-corrected chi connectivity index (χ1v) is 7.46. The second-order valence-corrected chi connectivity index (χ2v) is 5.79. The van der Waals surface area contributed by atoms with Gasteiger partial charge >= 0.3 is 0 Å². The van der Waals surface area contributed by atoms with Crippen molar-refractivity contribution in [2.45, 2.75) is 65.6 Å². The van der Waals surface area contributed by atoms with Crippen LogP contribution in [0, 0.1) is 12.8 Å². The van der Waals surface area contributed by atoms with Gasteiger partial charge in [0.25, 0.3) is 0 Å². The minimum atomic E-state index is 0.635. The Labute approximate surface area is 115 Å². The van der Waals surface area contributed by atoms with E-state index in [9.17, 15) is 0 Å². The van der Waals surface area contributed by atoms with E-state index in [1.807, 2.05) is 11.6 Å².